The van der Waals surface area contributed by atoms with Crippen LogP contribution in [0.5, 0.6) is 11.5 Å². The Hall–Kier alpha value is -3.77. The Morgan fingerprint density at radius 2 is 1.88 bits per heavy atom. The number of ether oxygens (including phenoxy) is 2. The van der Waals surface area contributed by atoms with Crippen molar-refractivity contribution in [3.05, 3.63) is 94.6 Å². The highest BCUT2D eigenvalue weighted by atomic mass is 35.5. The van der Waals surface area contributed by atoms with Crippen LogP contribution in [0.3, 0.4) is 0 Å². The number of carboxylic acid groups (broad SMARTS) is 1. The summed E-state index contributed by atoms with van der Waals surface area (Å²) >= 11 is 6.49. The van der Waals surface area contributed by atoms with Crippen LogP contribution in [0.15, 0.2) is 72.8 Å². The highest BCUT2D eigenvalue weighted by Crippen LogP contribution is 2.37. The van der Waals surface area contributed by atoms with Crippen LogP contribution in [0.4, 0.5) is 0 Å². The molecule has 0 saturated heterocycles. The van der Waals surface area contributed by atoms with Crippen LogP contribution in [0.2, 0.25) is 5.02 Å². The largest absolute Gasteiger partial charge is 0.481 e. The molecule has 3 aromatic carbocycles. The Kier molecular flexibility index (Phi) is 5.52. The minimum Gasteiger partial charge on any atom is -0.481 e. The third-order valence-electron chi connectivity index (χ3n) is 5.66. The molecule has 166 valence electrons. The molecule has 7 heteroatoms. The van der Waals surface area contributed by atoms with Crippen LogP contribution in [0, 0.1) is 6.92 Å². The van der Waals surface area contributed by atoms with Gasteiger partial charge in [0.1, 0.15) is 0 Å². The van der Waals surface area contributed by atoms with Gasteiger partial charge in [-0.15, -0.1) is 0 Å². The van der Waals surface area contributed by atoms with Gasteiger partial charge in [-0.2, -0.15) is 5.10 Å². The molecule has 1 unspecified atom stereocenters. The van der Waals surface area contributed by atoms with Crippen molar-refractivity contribution in [1.29, 1.82) is 0 Å². The van der Waals surface area contributed by atoms with Crippen LogP contribution in [-0.4, -0.2) is 27.6 Å². The summed E-state index contributed by atoms with van der Waals surface area (Å²) in [7, 11) is 0. The molecule has 0 saturated carbocycles. The van der Waals surface area contributed by atoms with Gasteiger partial charge in [0.2, 0.25) is 6.79 Å². The predicted molar refractivity (Wildman–Crippen MR) is 125 cm³/mol. The first-order valence-corrected chi connectivity index (χ1v) is 10.9. The van der Waals surface area contributed by atoms with Crippen molar-refractivity contribution in [3.63, 3.8) is 0 Å². The van der Waals surface area contributed by atoms with E-state index in [1.807, 2.05) is 73.7 Å². The number of para-hydroxylation sites is 1. The lowest BCUT2D eigenvalue weighted by atomic mass is 9.93. The van der Waals surface area contributed by atoms with Crippen LogP contribution >= 0.6 is 11.6 Å². The molecule has 1 aromatic heterocycles. The second-order valence-electron chi connectivity index (χ2n) is 7.96. The zero-order chi connectivity index (χ0) is 22.9. The standard InChI is InChI=1S/C26H21ClN2O4/c1-16-5-4-6-17(11-16)20(26(30)31)13-19-14-23(18-9-10-24-25(12-18)33-15-32-24)29(28-19)22-8-3-2-7-21(22)27/h2-12,14,20H,13,15H2,1H3,(H,30,31). The number of halogens is 1. The van der Waals surface area contributed by atoms with E-state index in [1.165, 1.54) is 0 Å². The summed E-state index contributed by atoms with van der Waals surface area (Å²) < 4.78 is 12.7. The number of aliphatic carboxylic acids is 1. The van der Waals surface area contributed by atoms with E-state index in [0.717, 1.165) is 22.4 Å². The number of rotatable bonds is 6. The van der Waals surface area contributed by atoms with Crippen molar-refractivity contribution in [2.24, 2.45) is 0 Å². The monoisotopic (exact) mass is 460 g/mol. The highest BCUT2D eigenvalue weighted by molar-refractivity contribution is 6.32. The molecule has 0 fully saturated rings. The maximum absolute atomic E-state index is 12.1. The molecule has 5 rings (SSSR count). The summed E-state index contributed by atoms with van der Waals surface area (Å²) in [6.45, 7) is 2.14. The van der Waals surface area contributed by atoms with E-state index in [-0.39, 0.29) is 13.2 Å². The second-order valence-corrected chi connectivity index (χ2v) is 8.37. The number of nitrogens with zero attached hydrogens (tertiary/aromatic N) is 2. The van der Waals surface area contributed by atoms with Crippen molar-refractivity contribution in [2.45, 2.75) is 19.3 Å². The fourth-order valence-corrected chi connectivity index (χ4v) is 4.26. The molecule has 1 atom stereocenters. The summed E-state index contributed by atoms with van der Waals surface area (Å²) in [6, 6.07) is 22.6. The molecule has 1 aliphatic heterocycles. The quantitative estimate of drug-likeness (QED) is 0.403. The number of fused-ring (bicyclic) bond motifs is 1. The van der Waals surface area contributed by atoms with Gasteiger partial charge in [0.25, 0.3) is 0 Å². The fraction of sp³-hybridized carbons (Fsp3) is 0.154. The van der Waals surface area contributed by atoms with Crippen LogP contribution in [0.1, 0.15) is 22.7 Å². The normalized spacial score (nSPS) is 13.2. The summed E-state index contributed by atoms with van der Waals surface area (Å²) in [5, 5.41) is 15.3. The van der Waals surface area contributed by atoms with Crippen LogP contribution in [0.25, 0.3) is 16.9 Å². The molecule has 2 heterocycles. The van der Waals surface area contributed by atoms with E-state index in [2.05, 4.69) is 0 Å². The first-order chi connectivity index (χ1) is 16.0. The predicted octanol–water partition coefficient (Wildman–Crippen LogP) is 5.64. The van der Waals surface area contributed by atoms with Gasteiger partial charge in [-0.25, -0.2) is 4.68 Å². The second kappa shape index (κ2) is 8.64. The molecule has 4 aromatic rings. The average Bonchev–Trinajstić information content (AvgIpc) is 3.44. The molecule has 6 nitrogen and oxygen atoms in total. The Morgan fingerprint density at radius 1 is 1.06 bits per heavy atom. The summed E-state index contributed by atoms with van der Waals surface area (Å²) in [5.74, 6) is -0.265. The first-order valence-electron chi connectivity index (χ1n) is 10.5. The minimum absolute atomic E-state index is 0.185. The third kappa shape index (κ3) is 4.17. The molecule has 0 aliphatic carbocycles. The fourth-order valence-electron chi connectivity index (χ4n) is 4.04. The van der Waals surface area contributed by atoms with Crippen molar-refractivity contribution < 1.29 is 19.4 Å². The topological polar surface area (TPSA) is 73.6 Å². The zero-order valence-electron chi connectivity index (χ0n) is 17.9. The number of aryl methyl sites for hydroxylation is 1. The lowest BCUT2D eigenvalue weighted by Gasteiger charge is -2.12. The molecule has 1 aliphatic rings. The lowest BCUT2D eigenvalue weighted by molar-refractivity contribution is -0.138. The minimum atomic E-state index is -0.891. The summed E-state index contributed by atoms with van der Waals surface area (Å²) in [6.07, 6.45) is 0.244. The van der Waals surface area contributed by atoms with Gasteiger partial charge in [-0.3, -0.25) is 4.79 Å². The van der Waals surface area contributed by atoms with Crippen molar-refractivity contribution >= 4 is 17.6 Å². The number of hydrogen-bond donors (Lipinski definition) is 1. The highest BCUT2D eigenvalue weighted by Gasteiger charge is 2.24. The number of aromatic nitrogens is 2. The zero-order valence-corrected chi connectivity index (χ0v) is 18.6. The molecular formula is C26H21ClN2O4. The van der Waals surface area contributed by atoms with Gasteiger partial charge in [-0.1, -0.05) is 53.6 Å². The number of benzene rings is 3. The average molecular weight is 461 g/mol. The van der Waals surface area contributed by atoms with E-state index in [0.29, 0.717) is 27.9 Å². The number of hydrogen-bond acceptors (Lipinski definition) is 4. The van der Waals surface area contributed by atoms with E-state index in [1.54, 1.807) is 10.7 Å². The Balaban J connectivity index is 1.60. The third-order valence-corrected chi connectivity index (χ3v) is 5.98. The van der Waals surface area contributed by atoms with Gasteiger partial charge in [0, 0.05) is 12.0 Å². The van der Waals surface area contributed by atoms with Gasteiger partial charge < -0.3 is 14.6 Å². The van der Waals surface area contributed by atoms with Gasteiger partial charge in [-0.05, 0) is 48.9 Å². The SMILES string of the molecule is Cc1cccc(C(Cc2cc(-c3ccc4c(c3)OCO4)n(-c3ccccc3Cl)n2)C(=O)O)c1. The Morgan fingerprint density at radius 3 is 2.67 bits per heavy atom. The molecule has 33 heavy (non-hydrogen) atoms. The van der Waals surface area contributed by atoms with Crippen LogP contribution in [-0.2, 0) is 11.2 Å². The summed E-state index contributed by atoms with van der Waals surface area (Å²) in [5.41, 5.74) is 4.77. The van der Waals surface area contributed by atoms with Crippen molar-refractivity contribution in [2.75, 3.05) is 6.79 Å². The van der Waals surface area contributed by atoms with Crippen molar-refractivity contribution in [3.8, 4) is 28.4 Å². The number of carbonyl (C=O) groups is 1. The lowest BCUT2D eigenvalue weighted by Crippen LogP contribution is -2.15. The van der Waals surface area contributed by atoms with Crippen LogP contribution < -0.4 is 9.47 Å². The Labute approximate surface area is 196 Å². The maximum Gasteiger partial charge on any atom is 0.311 e. The molecular weight excluding hydrogens is 440 g/mol. The first kappa shape index (κ1) is 21.1. The Bertz CT molecular complexity index is 1350. The number of carboxylic acids is 1. The van der Waals surface area contributed by atoms with E-state index in [9.17, 15) is 9.90 Å². The molecule has 0 amide bonds. The van der Waals surface area contributed by atoms with Crippen molar-refractivity contribution in [1.82, 2.24) is 9.78 Å². The summed E-state index contributed by atoms with van der Waals surface area (Å²) in [4.78, 5) is 12.1. The van der Waals surface area contributed by atoms with Gasteiger partial charge in [0.05, 0.1) is 28.0 Å². The van der Waals surface area contributed by atoms with Gasteiger partial charge >= 0.3 is 5.97 Å². The smallest absolute Gasteiger partial charge is 0.311 e. The molecule has 1 N–H and O–H groups in total. The maximum atomic E-state index is 12.1. The van der Waals surface area contributed by atoms with E-state index < -0.39 is 11.9 Å². The van der Waals surface area contributed by atoms with E-state index in [4.69, 9.17) is 26.2 Å². The molecule has 0 radical (unpaired) electrons. The van der Waals surface area contributed by atoms with Gasteiger partial charge in [0.15, 0.2) is 11.5 Å². The van der Waals surface area contributed by atoms with E-state index >= 15 is 0 Å². The molecule has 0 spiro atoms. The molecule has 0 bridgehead atoms.